The Balaban J connectivity index is 2.01. The van der Waals surface area contributed by atoms with Crippen LogP contribution in [0.25, 0.3) is 11.8 Å². The highest BCUT2D eigenvalue weighted by atomic mass is 15.3. The van der Waals surface area contributed by atoms with Crippen molar-refractivity contribution >= 4 is 6.08 Å². The predicted molar refractivity (Wildman–Crippen MR) is 65.6 cm³/mol. The van der Waals surface area contributed by atoms with Crippen LogP contribution in [0.15, 0.2) is 36.5 Å². The number of hydrogen-bond acceptors (Lipinski definition) is 2. The summed E-state index contributed by atoms with van der Waals surface area (Å²) >= 11 is 0. The van der Waals surface area contributed by atoms with E-state index in [4.69, 9.17) is 5.26 Å². The molecule has 82 valence electrons. The van der Waals surface area contributed by atoms with Gasteiger partial charge in [0.25, 0.3) is 0 Å². The Bertz CT molecular complexity index is 612. The number of hydrogen-bond donors (Lipinski definition) is 0. The van der Waals surface area contributed by atoms with E-state index in [1.807, 2.05) is 35.1 Å². The lowest BCUT2D eigenvalue weighted by Gasteiger charge is -2.00. The third-order valence-electron chi connectivity index (χ3n) is 2.93. The van der Waals surface area contributed by atoms with Gasteiger partial charge in [-0.1, -0.05) is 12.2 Å². The van der Waals surface area contributed by atoms with Gasteiger partial charge in [-0.2, -0.15) is 10.4 Å². The van der Waals surface area contributed by atoms with E-state index >= 15 is 0 Å². The normalized spacial score (nSPS) is 13.1. The number of nitriles is 1. The highest BCUT2D eigenvalue weighted by Gasteiger charge is 2.10. The Kier molecular flexibility index (Phi) is 2.27. The second-order valence-corrected chi connectivity index (χ2v) is 4.08. The van der Waals surface area contributed by atoms with E-state index in [0.717, 1.165) is 24.2 Å². The molecule has 1 heterocycles. The van der Waals surface area contributed by atoms with Gasteiger partial charge in [-0.15, -0.1) is 0 Å². The van der Waals surface area contributed by atoms with Gasteiger partial charge in [0.1, 0.15) is 0 Å². The molecule has 1 aliphatic rings. The average molecular weight is 221 g/mol. The van der Waals surface area contributed by atoms with Crippen molar-refractivity contribution in [2.75, 3.05) is 0 Å². The largest absolute Gasteiger partial charge is 0.240 e. The number of rotatable bonds is 1. The van der Waals surface area contributed by atoms with Gasteiger partial charge in [0.2, 0.25) is 0 Å². The molecule has 1 aromatic heterocycles. The lowest BCUT2D eigenvalue weighted by atomic mass is 10.1. The predicted octanol–water partition coefficient (Wildman–Crippen LogP) is 2.70. The van der Waals surface area contributed by atoms with Crippen LogP contribution in [-0.2, 0) is 6.42 Å². The van der Waals surface area contributed by atoms with Crippen LogP contribution in [0, 0.1) is 11.3 Å². The maximum Gasteiger partial charge on any atom is 0.0991 e. The number of aryl methyl sites for hydroxylation is 1. The summed E-state index contributed by atoms with van der Waals surface area (Å²) in [5.41, 5.74) is 4.01. The molecule has 3 rings (SSSR count). The third kappa shape index (κ3) is 1.74. The van der Waals surface area contributed by atoms with Crippen molar-refractivity contribution in [2.45, 2.75) is 12.8 Å². The van der Waals surface area contributed by atoms with Crippen molar-refractivity contribution in [1.29, 1.82) is 5.26 Å². The van der Waals surface area contributed by atoms with Crippen LogP contribution in [0.1, 0.15) is 23.2 Å². The minimum absolute atomic E-state index is 0.672. The van der Waals surface area contributed by atoms with Gasteiger partial charge in [-0.3, -0.25) is 0 Å². The van der Waals surface area contributed by atoms with E-state index in [1.165, 1.54) is 5.56 Å². The van der Waals surface area contributed by atoms with Crippen LogP contribution in [0.5, 0.6) is 0 Å². The fraction of sp³-hybridized carbons (Fsp3) is 0.143. The molecule has 0 spiro atoms. The highest BCUT2D eigenvalue weighted by molar-refractivity contribution is 5.54. The summed E-state index contributed by atoms with van der Waals surface area (Å²) in [6.07, 6.45) is 8.40. The van der Waals surface area contributed by atoms with E-state index in [2.05, 4.69) is 23.3 Å². The lowest BCUT2D eigenvalue weighted by molar-refractivity contribution is 0.823. The first-order valence-electron chi connectivity index (χ1n) is 5.62. The monoisotopic (exact) mass is 221 g/mol. The Morgan fingerprint density at radius 2 is 2.06 bits per heavy atom. The molecule has 2 aromatic rings. The average Bonchev–Trinajstić information content (AvgIpc) is 2.82. The van der Waals surface area contributed by atoms with Crippen molar-refractivity contribution in [3.63, 3.8) is 0 Å². The quantitative estimate of drug-likeness (QED) is 0.743. The number of benzene rings is 1. The molecule has 0 N–H and O–H groups in total. The standard InChI is InChI=1S/C14H11N3/c15-9-11-5-7-13(8-6-11)17-10-12-3-1-2-4-14(12)16-17/h1,3,5-8,10H,2,4H2. The zero-order chi connectivity index (χ0) is 11.7. The SMILES string of the molecule is N#Cc1ccc(-n2cc3c(n2)CCC=C3)cc1. The van der Waals surface area contributed by atoms with Crippen LogP contribution in [0.2, 0.25) is 0 Å². The van der Waals surface area contributed by atoms with Crippen LogP contribution in [0.4, 0.5) is 0 Å². The number of allylic oxidation sites excluding steroid dienone is 1. The van der Waals surface area contributed by atoms with Crippen molar-refractivity contribution in [1.82, 2.24) is 9.78 Å². The molecule has 3 heteroatoms. The van der Waals surface area contributed by atoms with E-state index in [0.29, 0.717) is 5.56 Å². The lowest BCUT2D eigenvalue weighted by Crippen LogP contribution is -1.96. The second kappa shape index (κ2) is 3.91. The van der Waals surface area contributed by atoms with Crippen LogP contribution >= 0.6 is 0 Å². The summed E-state index contributed by atoms with van der Waals surface area (Å²) in [5, 5.41) is 13.3. The van der Waals surface area contributed by atoms with Crippen molar-refractivity contribution in [3.05, 3.63) is 53.4 Å². The van der Waals surface area contributed by atoms with Gasteiger partial charge in [-0.25, -0.2) is 4.68 Å². The Morgan fingerprint density at radius 1 is 1.24 bits per heavy atom. The van der Waals surface area contributed by atoms with Gasteiger partial charge < -0.3 is 0 Å². The van der Waals surface area contributed by atoms with Crippen molar-refractivity contribution in [2.24, 2.45) is 0 Å². The molecule has 0 unspecified atom stereocenters. The Labute approximate surface area is 99.6 Å². The van der Waals surface area contributed by atoms with Gasteiger partial charge in [0.15, 0.2) is 0 Å². The highest BCUT2D eigenvalue weighted by Crippen LogP contribution is 2.19. The molecular formula is C14H11N3. The summed E-state index contributed by atoms with van der Waals surface area (Å²) in [6, 6.07) is 9.57. The molecule has 0 saturated carbocycles. The maximum absolute atomic E-state index is 8.75. The minimum atomic E-state index is 0.672. The number of fused-ring (bicyclic) bond motifs is 1. The Morgan fingerprint density at radius 3 is 2.76 bits per heavy atom. The fourth-order valence-electron chi connectivity index (χ4n) is 2.01. The van der Waals surface area contributed by atoms with Crippen LogP contribution < -0.4 is 0 Å². The van der Waals surface area contributed by atoms with E-state index in [9.17, 15) is 0 Å². The zero-order valence-electron chi connectivity index (χ0n) is 9.30. The molecule has 0 aliphatic heterocycles. The first-order chi connectivity index (χ1) is 8.36. The third-order valence-corrected chi connectivity index (χ3v) is 2.93. The molecular weight excluding hydrogens is 210 g/mol. The van der Waals surface area contributed by atoms with Crippen LogP contribution in [-0.4, -0.2) is 9.78 Å². The van der Waals surface area contributed by atoms with Crippen molar-refractivity contribution < 1.29 is 0 Å². The van der Waals surface area contributed by atoms with Gasteiger partial charge in [0, 0.05) is 11.8 Å². The molecule has 0 fully saturated rings. The van der Waals surface area contributed by atoms with Gasteiger partial charge in [0.05, 0.1) is 23.0 Å². The molecule has 17 heavy (non-hydrogen) atoms. The zero-order valence-corrected chi connectivity index (χ0v) is 9.30. The number of aromatic nitrogens is 2. The summed E-state index contributed by atoms with van der Waals surface area (Å²) in [5.74, 6) is 0. The molecule has 0 atom stereocenters. The maximum atomic E-state index is 8.75. The molecule has 1 aliphatic carbocycles. The molecule has 0 radical (unpaired) electrons. The van der Waals surface area contributed by atoms with Crippen LogP contribution in [0.3, 0.4) is 0 Å². The van der Waals surface area contributed by atoms with E-state index in [-0.39, 0.29) is 0 Å². The number of nitrogens with zero attached hydrogens (tertiary/aromatic N) is 3. The molecule has 0 bridgehead atoms. The minimum Gasteiger partial charge on any atom is -0.240 e. The smallest absolute Gasteiger partial charge is 0.0991 e. The fourth-order valence-corrected chi connectivity index (χ4v) is 2.01. The molecule has 3 nitrogen and oxygen atoms in total. The first-order valence-corrected chi connectivity index (χ1v) is 5.62. The van der Waals surface area contributed by atoms with Gasteiger partial charge >= 0.3 is 0 Å². The van der Waals surface area contributed by atoms with E-state index in [1.54, 1.807) is 0 Å². The summed E-state index contributed by atoms with van der Waals surface area (Å²) in [6.45, 7) is 0. The Hall–Kier alpha value is -2.34. The van der Waals surface area contributed by atoms with E-state index < -0.39 is 0 Å². The van der Waals surface area contributed by atoms with Gasteiger partial charge in [-0.05, 0) is 37.1 Å². The van der Waals surface area contributed by atoms with Crippen molar-refractivity contribution in [3.8, 4) is 11.8 Å². The molecule has 0 amide bonds. The second-order valence-electron chi connectivity index (χ2n) is 4.08. The topological polar surface area (TPSA) is 41.6 Å². The first kappa shape index (κ1) is 9.86. The summed E-state index contributed by atoms with van der Waals surface area (Å²) < 4.78 is 1.88. The molecule has 1 aromatic carbocycles. The summed E-state index contributed by atoms with van der Waals surface area (Å²) in [7, 11) is 0. The molecule has 0 saturated heterocycles. The summed E-state index contributed by atoms with van der Waals surface area (Å²) in [4.78, 5) is 0.